The van der Waals surface area contributed by atoms with E-state index in [1.165, 1.54) is 6.42 Å². The molecule has 0 aliphatic carbocycles. The highest BCUT2D eigenvalue weighted by atomic mass is 16.5. The van der Waals surface area contributed by atoms with Crippen LogP contribution >= 0.6 is 0 Å². The standard InChI is InChI=1S/C12H14N4O/c1-2-6-13-9(4-1)8-11-15-12(17-16-11)10-5-3-7-14-10/h1-2,4,6,10,14H,3,5,7-8H2/t10-/m1/s1. The van der Waals surface area contributed by atoms with Crippen molar-refractivity contribution in [1.29, 1.82) is 0 Å². The van der Waals surface area contributed by atoms with Crippen LogP contribution < -0.4 is 5.32 Å². The van der Waals surface area contributed by atoms with E-state index in [1.54, 1.807) is 6.20 Å². The summed E-state index contributed by atoms with van der Waals surface area (Å²) in [5, 5.41) is 7.33. The molecule has 1 aliphatic rings. The molecule has 88 valence electrons. The van der Waals surface area contributed by atoms with Gasteiger partial charge in [0.05, 0.1) is 12.5 Å². The highest BCUT2D eigenvalue weighted by Gasteiger charge is 2.22. The predicted molar refractivity (Wildman–Crippen MR) is 61.3 cm³/mol. The fraction of sp³-hybridized carbons (Fsp3) is 0.417. The van der Waals surface area contributed by atoms with Crippen LogP contribution in [0.25, 0.3) is 0 Å². The summed E-state index contributed by atoms with van der Waals surface area (Å²) in [5.74, 6) is 1.40. The summed E-state index contributed by atoms with van der Waals surface area (Å²) in [6.07, 6.45) is 4.64. The summed E-state index contributed by atoms with van der Waals surface area (Å²) in [7, 11) is 0. The molecule has 0 radical (unpaired) electrons. The molecule has 2 aromatic heterocycles. The number of rotatable bonds is 3. The van der Waals surface area contributed by atoms with Crippen LogP contribution in [0.1, 0.15) is 36.3 Å². The molecular formula is C12H14N4O. The Morgan fingerprint density at radius 3 is 3.18 bits per heavy atom. The normalized spacial score (nSPS) is 19.6. The van der Waals surface area contributed by atoms with Gasteiger partial charge in [-0.1, -0.05) is 11.2 Å². The van der Waals surface area contributed by atoms with Gasteiger partial charge in [0.15, 0.2) is 5.82 Å². The van der Waals surface area contributed by atoms with E-state index in [0.29, 0.717) is 18.1 Å². The highest BCUT2D eigenvalue weighted by molar-refractivity contribution is 5.09. The zero-order valence-corrected chi connectivity index (χ0v) is 9.47. The summed E-state index contributed by atoms with van der Waals surface area (Å²) >= 11 is 0. The van der Waals surface area contributed by atoms with Crippen molar-refractivity contribution in [2.24, 2.45) is 0 Å². The first-order valence-corrected chi connectivity index (χ1v) is 5.87. The van der Waals surface area contributed by atoms with Crippen molar-refractivity contribution < 1.29 is 4.52 Å². The predicted octanol–water partition coefficient (Wildman–Crippen LogP) is 1.48. The second-order valence-corrected chi connectivity index (χ2v) is 4.20. The minimum atomic E-state index is 0.236. The van der Waals surface area contributed by atoms with Gasteiger partial charge >= 0.3 is 0 Å². The van der Waals surface area contributed by atoms with Gasteiger partial charge in [0.2, 0.25) is 5.89 Å². The van der Waals surface area contributed by atoms with Crippen LogP contribution in [0, 0.1) is 0 Å². The van der Waals surface area contributed by atoms with Gasteiger partial charge in [-0.3, -0.25) is 4.98 Å². The van der Waals surface area contributed by atoms with Crippen molar-refractivity contribution in [2.75, 3.05) is 6.54 Å². The van der Waals surface area contributed by atoms with Gasteiger partial charge in [0, 0.05) is 11.9 Å². The van der Waals surface area contributed by atoms with Crippen LogP contribution in [0.5, 0.6) is 0 Å². The van der Waals surface area contributed by atoms with Gasteiger partial charge < -0.3 is 9.84 Å². The molecule has 1 atom stereocenters. The lowest BCUT2D eigenvalue weighted by Crippen LogP contribution is -2.13. The first kappa shape index (κ1) is 10.4. The van der Waals surface area contributed by atoms with Gasteiger partial charge in [-0.2, -0.15) is 4.98 Å². The molecule has 5 nitrogen and oxygen atoms in total. The zero-order valence-electron chi connectivity index (χ0n) is 9.47. The van der Waals surface area contributed by atoms with Crippen LogP contribution in [0.15, 0.2) is 28.9 Å². The second-order valence-electron chi connectivity index (χ2n) is 4.20. The first-order chi connectivity index (χ1) is 8.42. The number of nitrogens with one attached hydrogen (secondary N) is 1. The molecule has 3 heterocycles. The maximum atomic E-state index is 5.27. The SMILES string of the molecule is c1ccc(Cc2noc([C@H]3CCCN3)n2)nc1. The molecule has 5 heteroatoms. The minimum absolute atomic E-state index is 0.236. The summed E-state index contributed by atoms with van der Waals surface area (Å²) in [6.45, 7) is 1.03. The van der Waals surface area contributed by atoms with Crippen LogP contribution in [0.3, 0.4) is 0 Å². The topological polar surface area (TPSA) is 63.8 Å². The summed E-state index contributed by atoms with van der Waals surface area (Å²) < 4.78 is 5.27. The Kier molecular flexibility index (Phi) is 2.83. The van der Waals surface area contributed by atoms with Crippen molar-refractivity contribution in [2.45, 2.75) is 25.3 Å². The quantitative estimate of drug-likeness (QED) is 0.865. The highest BCUT2D eigenvalue weighted by Crippen LogP contribution is 2.21. The van der Waals surface area contributed by atoms with Crippen LogP contribution in [0.2, 0.25) is 0 Å². The molecule has 1 saturated heterocycles. The molecule has 0 spiro atoms. The second kappa shape index (κ2) is 4.63. The summed E-state index contributed by atoms with van der Waals surface area (Å²) in [5.41, 5.74) is 0.958. The number of hydrogen-bond donors (Lipinski definition) is 1. The van der Waals surface area contributed by atoms with Crippen LogP contribution in [-0.2, 0) is 6.42 Å². The molecule has 1 fully saturated rings. The Bertz CT molecular complexity index is 476. The van der Waals surface area contributed by atoms with Gasteiger partial charge in [0.25, 0.3) is 0 Å². The largest absolute Gasteiger partial charge is 0.338 e. The lowest BCUT2D eigenvalue weighted by atomic mass is 10.2. The Morgan fingerprint density at radius 1 is 1.41 bits per heavy atom. The van der Waals surface area contributed by atoms with Crippen molar-refractivity contribution in [3.8, 4) is 0 Å². The molecule has 1 N–H and O–H groups in total. The minimum Gasteiger partial charge on any atom is -0.338 e. The Balaban J connectivity index is 1.72. The van der Waals surface area contributed by atoms with Gasteiger partial charge in [0.1, 0.15) is 0 Å². The van der Waals surface area contributed by atoms with Crippen molar-refractivity contribution in [3.63, 3.8) is 0 Å². The van der Waals surface area contributed by atoms with E-state index in [9.17, 15) is 0 Å². The molecule has 2 aromatic rings. The van der Waals surface area contributed by atoms with E-state index >= 15 is 0 Å². The third-order valence-corrected chi connectivity index (χ3v) is 2.91. The number of nitrogens with zero attached hydrogens (tertiary/aromatic N) is 3. The third-order valence-electron chi connectivity index (χ3n) is 2.91. The van der Waals surface area contributed by atoms with Gasteiger partial charge in [-0.15, -0.1) is 0 Å². The van der Waals surface area contributed by atoms with Crippen molar-refractivity contribution in [3.05, 3.63) is 41.8 Å². The Labute approximate surface area is 99.3 Å². The molecule has 1 aliphatic heterocycles. The molecule has 17 heavy (non-hydrogen) atoms. The first-order valence-electron chi connectivity index (χ1n) is 5.87. The van der Waals surface area contributed by atoms with E-state index in [1.807, 2.05) is 18.2 Å². The van der Waals surface area contributed by atoms with Crippen molar-refractivity contribution >= 4 is 0 Å². The fourth-order valence-electron chi connectivity index (χ4n) is 2.04. The summed E-state index contributed by atoms with van der Waals surface area (Å²) in [4.78, 5) is 8.65. The van der Waals surface area contributed by atoms with Crippen molar-refractivity contribution in [1.82, 2.24) is 20.4 Å². The Hall–Kier alpha value is -1.75. The fourth-order valence-corrected chi connectivity index (χ4v) is 2.04. The average molecular weight is 230 g/mol. The molecular weight excluding hydrogens is 216 g/mol. The average Bonchev–Trinajstić information content (AvgIpc) is 3.00. The lowest BCUT2D eigenvalue weighted by Gasteiger charge is -2.01. The molecule has 3 rings (SSSR count). The van der Waals surface area contributed by atoms with E-state index < -0.39 is 0 Å². The van der Waals surface area contributed by atoms with Crippen LogP contribution in [0.4, 0.5) is 0 Å². The molecule has 0 unspecified atom stereocenters. The summed E-state index contributed by atoms with van der Waals surface area (Å²) in [6, 6.07) is 6.05. The number of hydrogen-bond acceptors (Lipinski definition) is 5. The van der Waals surface area contributed by atoms with E-state index in [2.05, 4.69) is 20.4 Å². The van der Waals surface area contributed by atoms with Gasteiger partial charge in [-0.05, 0) is 31.5 Å². The maximum absolute atomic E-state index is 5.27. The zero-order chi connectivity index (χ0) is 11.5. The molecule has 0 amide bonds. The third kappa shape index (κ3) is 2.34. The van der Waals surface area contributed by atoms with Gasteiger partial charge in [-0.25, -0.2) is 0 Å². The maximum Gasteiger partial charge on any atom is 0.243 e. The van der Waals surface area contributed by atoms with E-state index in [-0.39, 0.29) is 6.04 Å². The lowest BCUT2D eigenvalue weighted by molar-refractivity contribution is 0.341. The Morgan fingerprint density at radius 2 is 2.41 bits per heavy atom. The molecule has 0 saturated carbocycles. The van der Waals surface area contributed by atoms with Crippen LogP contribution in [-0.4, -0.2) is 21.7 Å². The van der Waals surface area contributed by atoms with E-state index in [0.717, 1.165) is 18.7 Å². The molecule has 0 aromatic carbocycles. The van der Waals surface area contributed by atoms with E-state index in [4.69, 9.17) is 4.52 Å². The smallest absolute Gasteiger partial charge is 0.243 e. The molecule has 0 bridgehead atoms. The number of pyridine rings is 1. The monoisotopic (exact) mass is 230 g/mol. The number of aromatic nitrogens is 3.